The standard InChI is InChI=1S/C18H19N5O2/c24-18(21-17-6-8-19-16-7-9-20-23(16)17)15-13-22(10-11-25-15)12-14-4-2-1-3-5-14/h1-9,15H,10-13H2,(H,21,24)/t15-/m1/s1. The van der Waals surface area contributed by atoms with Gasteiger partial charge in [-0.2, -0.15) is 9.61 Å². The summed E-state index contributed by atoms with van der Waals surface area (Å²) in [5.41, 5.74) is 1.92. The van der Waals surface area contributed by atoms with E-state index < -0.39 is 6.10 Å². The first-order chi connectivity index (χ1) is 12.3. The van der Waals surface area contributed by atoms with E-state index in [0.29, 0.717) is 24.6 Å². The van der Waals surface area contributed by atoms with Crippen molar-refractivity contribution < 1.29 is 9.53 Å². The lowest BCUT2D eigenvalue weighted by Gasteiger charge is -2.32. The van der Waals surface area contributed by atoms with Crippen molar-refractivity contribution in [1.82, 2.24) is 19.5 Å². The van der Waals surface area contributed by atoms with Crippen LogP contribution in [0.25, 0.3) is 5.65 Å². The second-order valence-corrected chi connectivity index (χ2v) is 6.00. The van der Waals surface area contributed by atoms with Crippen LogP contribution in [0.1, 0.15) is 5.56 Å². The average molecular weight is 337 g/mol. The van der Waals surface area contributed by atoms with Crippen molar-refractivity contribution in [3.63, 3.8) is 0 Å². The third-order valence-corrected chi connectivity index (χ3v) is 4.23. The Bertz CT molecular complexity index is 864. The maximum atomic E-state index is 12.6. The summed E-state index contributed by atoms with van der Waals surface area (Å²) in [6.07, 6.45) is 2.79. The van der Waals surface area contributed by atoms with Gasteiger partial charge in [0, 0.05) is 31.9 Å². The minimum atomic E-state index is -0.503. The zero-order chi connectivity index (χ0) is 17.1. The minimum Gasteiger partial charge on any atom is -0.366 e. The van der Waals surface area contributed by atoms with Crippen molar-refractivity contribution >= 4 is 17.4 Å². The highest BCUT2D eigenvalue weighted by molar-refractivity contribution is 5.93. The number of nitrogens with one attached hydrogen (secondary N) is 1. The van der Waals surface area contributed by atoms with Crippen molar-refractivity contribution in [3.8, 4) is 0 Å². The molecule has 0 bridgehead atoms. The number of benzene rings is 1. The lowest BCUT2D eigenvalue weighted by molar-refractivity contribution is -0.133. The van der Waals surface area contributed by atoms with E-state index in [0.717, 1.165) is 13.1 Å². The van der Waals surface area contributed by atoms with Crippen LogP contribution in [0, 0.1) is 0 Å². The Morgan fingerprint density at radius 1 is 1.20 bits per heavy atom. The first-order valence-electron chi connectivity index (χ1n) is 8.27. The van der Waals surface area contributed by atoms with E-state index >= 15 is 0 Å². The number of fused-ring (bicyclic) bond motifs is 1. The van der Waals surface area contributed by atoms with Gasteiger partial charge in [0.2, 0.25) is 0 Å². The van der Waals surface area contributed by atoms with Crippen LogP contribution >= 0.6 is 0 Å². The first kappa shape index (κ1) is 15.7. The molecule has 2 aromatic heterocycles. The largest absolute Gasteiger partial charge is 0.366 e. The molecule has 128 valence electrons. The molecule has 7 heteroatoms. The zero-order valence-electron chi connectivity index (χ0n) is 13.7. The first-order valence-corrected chi connectivity index (χ1v) is 8.27. The van der Waals surface area contributed by atoms with E-state index in [9.17, 15) is 4.79 Å². The van der Waals surface area contributed by atoms with Gasteiger partial charge in [0.15, 0.2) is 5.65 Å². The summed E-state index contributed by atoms with van der Waals surface area (Å²) >= 11 is 0. The second kappa shape index (κ2) is 7.00. The van der Waals surface area contributed by atoms with Gasteiger partial charge in [-0.3, -0.25) is 9.69 Å². The van der Waals surface area contributed by atoms with E-state index in [1.807, 2.05) is 18.2 Å². The normalized spacial score (nSPS) is 18.3. The molecule has 3 aromatic rings. The number of aromatic nitrogens is 3. The van der Waals surface area contributed by atoms with Crippen LogP contribution in [0.4, 0.5) is 5.82 Å². The molecule has 1 aliphatic heterocycles. The predicted octanol–water partition coefficient (Wildman–Crippen LogP) is 1.57. The van der Waals surface area contributed by atoms with Gasteiger partial charge < -0.3 is 10.1 Å². The molecule has 1 aromatic carbocycles. The van der Waals surface area contributed by atoms with Crippen LogP contribution in [0.2, 0.25) is 0 Å². The van der Waals surface area contributed by atoms with E-state index in [1.54, 1.807) is 29.0 Å². The monoisotopic (exact) mass is 337 g/mol. The quantitative estimate of drug-likeness (QED) is 0.782. The Hall–Kier alpha value is -2.77. The second-order valence-electron chi connectivity index (χ2n) is 6.00. The van der Waals surface area contributed by atoms with Crippen molar-refractivity contribution in [2.24, 2.45) is 0 Å². The predicted molar refractivity (Wildman–Crippen MR) is 93.1 cm³/mol. The smallest absolute Gasteiger partial charge is 0.255 e. The molecule has 0 radical (unpaired) electrons. The third-order valence-electron chi connectivity index (χ3n) is 4.23. The summed E-state index contributed by atoms with van der Waals surface area (Å²) < 4.78 is 7.27. The number of anilines is 1. The van der Waals surface area contributed by atoms with Gasteiger partial charge in [-0.15, -0.1) is 0 Å². The molecule has 1 fully saturated rings. The average Bonchev–Trinajstić information content (AvgIpc) is 3.13. The van der Waals surface area contributed by atoms with Gasteiger partial charge in [-0.25, -0.2) is 4.98 Å². The fourth-order valence-corrected chi connectivity index (χ4v) is 2.98. The van der Waals surface area contributed by atoms with E-state index in [4.69, 9.17) is 4.74 Å². The summed E-state index contributed by atoms with van der Waals surface area (Å²) in [6.45, 7) is 2.73. The van der Waals surface area contributed by atoms with Gasteiger partial charge in [0.05, 0.1) is 12.8 Å². The number of carbonyl (C=O) groups is 1. The van der Waals surface area contributed by atoms with E-state index in [-0.39, 0.29) is 5.91 Å². The van der Waals surface area contributed by atoms with Gasteiger partial charge in [0.25, 0.3) is 5.91 Å². The molecule has 1 N–H and O–H groups in total. The van der Waals surface area contributed by atoms with Crippen molar-refractivity contribution in [3.05, 3.63) is 60.4 Å². The topological polar surface area (TPSA) is 71.8 Å². The molecule has 0 saturated carbocycles. The summed E-state index contributed by atoms with van der Waals surface area (Å²) in [5, 5.41) is 7.07. The third kappa shape index (κ3) is 3.52. The molecule has 4 rings (SSSR count). The van der Waals surface area contributed by atoms with Gasteiger partial charge >= 0.3 is 0 Å². The van der Waals surface area contributed by atoms with E-state index in [1.165, 1.54) is 5.56 Å². The van der Waals surface area contributed by atoms with Gasteiger partial charge in [0.1, 0.15) is 11.9 Å². The highest BCUT2D eigenvalue weighted by Crippen LogP contribution is 2.13. The molecule has 0 spiro atoms. The molecule has 25 heavy (non-hydrogen) atoms. The van der Waals surface area contributed by atoms with Crippen LogP contribution in [0.3, 0.4) is 0 Å². The maximum Gasteiger partial charge on any atom is 0.255 e. The Morgan fingerprint density at radius 3 is 2.96 bits per heavy atom. The lowest BCUT2D eigenvalue weighted by Crippen LogP contribution is -2.47. The number of hydrogen-bond donors (Lipinski definition) is 1. The van der Waals surface area contributed by atoms with Crippen LogP contribution in [-0.2, 0) is 16.1 Å². The van der Waals surface area contributed by atoms with Crippen molar-refractivity contribution in [2.75, 3.05) is 25.0 Å². The summed E-state index contributed by atoms with van der Waals surface area (Å²) in [5.74, 6) is 0.421. The van der Waals surface area contributed by atoms with Gasteiger partial charge in [-0.05, 0) is 11.6 Å². The minimum absolute atomic E-state index is 0.166. The van der Waals surface area contributed by atoms with Crippen LogP contribution < -0.4 is 5.32 Å². The van der Waals surface area contributed by atoms with Crippen LogP contribution in [0.15, 0.2) is 54.9 Å². The maximum absolute atomic E-state index is 12.6. The van der Waals surface area contributed by atoms with Crippen molar-refractivity contribution in [1.29, 1.82) is 0 Å². The molecular formula is C18H19N5O2. The Morgan fingerprint density at radius 2 is 2.08 bits per heavy atom. The SMILES string of the molecule is O=C(Nc1ccnc2ccnn12)[C@H]1CN(Cc2ccccc2)CCO1. The number of amides is 1. The molecule has 1 aliphatic rings. The highest BCUT2D eigenvalue weighted by atomic mass is 16.5. The Balaban J connectivity index is 1.42. The Kier molecular flexibility index (Phi) is 4.41. The summed E-state index contributed by atoms with van der Waals surface area (Å²) in [4.78, 5) is 19.0. The molecule has 0 unspecified atom stereocenters. The number of rotatable bonds is 4. The van der Waals surface area contributed by atoms with Crippen LogP contribution in [-0.4, -0.2) is 51.2 Å². The number of carbonyl (C=O) groups excluding carboxylic acids is 1. The number of ether oxygens (including phenoxy) is 1. The van der Waals surface area contributed by atoms with E-state index in [2.05, 4.69) is 32.4 Å². The fraction of sp³-hybridized carbons (Fsp3) is 0.278. The molecule has 0 aliphatic carbocycles. The molecule has 3 heterocycles. The molecule has 7 nitrogen and oxygen atoms in total. The lowest BCUT2D eigenvalue weighted by atomic mass is 10.2. The Labute approximate surface area is 145 Å². The van der Waals surface area contributed by atoms with Crippen molar-refractivity contribution in [2.45, 2.75) is 12.6 Å². The number of hydrogen-bond acceptors (Lipinski definition) is 5. The number of nitrogens with zero attached hydrogens (tertiary/aromatic N) is 4. The molecule has 1 amide bonds. The van der Waals surface area contributed by atoms with Crippen LogP contribution in [0.5, 0.6) is 0 Å². The molecule has 1 saturated heterocycles. The summed E-state index contributed by atoms with van der Waals surface area (Å²) in [6, 6.07) is 13.8. The molecular weight excluding hydrogens is 318 g/mol. The molecule has 1 atom stereocenters. The number of morpholine rings is 1. The fourth-order valence-electron chi connectivity index (χ4n) is 2.98. The highest BCUT2D eigenvalue weighted by Gasteiger charge is 2.27. The zero-order valence-corrected chi connectivity index (χ0v) is 13.7. The van der Waals surface area contributed by atoms with Gasteiger partial charge in [-0.1, -0.05) is 30.3 Å². The summed E-state index contributed by atoms with van der Waals surface area (Å²) in [7, 11) is 0.